The molecule has 0 aliphatic carbocycles. The molecule has 21 heavy (non-hydrogen) atoms. The van der Waals surface area contributed by atoms with Gasteiger partial charge in [0.2, 0.25) is 0 Å². The molecule has 3 rings (SSSR count). The number of fused-ring (bicyclic) bond motifs is 1. The van der Waals surface area contributed by atoms with Crippen LogP contribution >= 0.6 is 23.2 Å². The minimum Gasteiger partial charge on any atom is -0.486 e. The van der Waals surface area contributed by atoms with E-state index in [1.165, 1.54) is 5.56 Å². The minimum absolute atomic E-state index is 0.146. The molecular weight excluding hydrogens is 307 g/mol. The second-order valence-corrected chi connectivity index (χ2v) is 6.00. The summed E-state index contributed by atoms with van der Waals surface area (Å²) in [7, 11) is 0. The number of halogens is 2. The van der Waals surface area contributed by atoms with E-state index in [0.29, 0.717) is 29.7 Å². The van der Waals surface area contributed by atoms with Crippen LogP contribution in [0.15, 0.2) is 42.5 Å². The maximum Gasteiger partial charge on any atom is 0.162 e. The highest BCUT2D eigenvalue weighted by atomic mass is 35.5. The highest BCUT2D eigenvalue weighted by Gasteiger charge is 2.24. The van der Waals surface area contributed by atoms with Crippen LogP contribution in [0.25, 0.3) is 0 Å². The van der Waals surface area contributed by atoms with Gasteiger partial charge in [-0.2, -0.15) is 0 Å². The molecule has 2 nitrogen and oxygen atoms in total. The van der Waals surface area contributed by atoms with Gasteiger partial charge >= 0.3 is 0 Å². The van der Waals surface area contributed by atoms with Crippen LogP contribution in [0.4, 0.5) is 0 Å². The molecule has 2 atom stereocenters. The van der Waals surface area contributed by atoms with Gasteiger partial charge in [-0.15, -0.1) is 11.6 Å². The smallest absolute Gasteiger partial charge is 0.162 e. The standard InChI is InChI=1S/C17H16Cl2O2/c1-11(12-5-3-2-4-6-12)17(19)13-9-15-16(10-14(13)18)21-8-7-20-15/h2-6,9-11,17H,7-8H2,1H3. The van der Waals surface area contributed by atoms with E-state index in [1.54, 1.807) is 6.07 Å². The second-order valence-electron chi connectivity index (χ2n) is 5.12. The summed E-state index contributed by atoms with van der Waals surface area (Å²) in [6.45, 7) is 3.20. The van der Waals surface area contributed by atoms with Crippen LogP contribution in [0.5, 0.6) is 11.5 Å². The van der Waals surface area contributed by atoms with E-state index in [0.717, 1.165) is 5.56 Å². The van der Waals surface area contributed by atoms with Crippen molar-refractivity contribution in [2.75, 3.05) is 13.2 Å². The topological polar surface area (TPSA) is 18.5 Å². The van der Waals surface area contributed by atoms with E-state index >= 15 is 0 Å². The molecule has 1 aliphatic rings. The molecule has 4 heteroatoms. The van der Waals surface area contributed by atoms with Crippen molar-refractivity contribution in [1.29, 1.82) is 0 Å². The van der Waals surface area contributed by atoms with E-state index in [9.17, 15) is 0 Å². The molecule has 2 unspecified atom stereocenters. The molecule has 0 amide bonds. The van der Waals surface area contributed by atoms with Crippen molar-refractivity contribution in [2.45, 2.75) is 18.2 Å². The third-order valence-electron chi connectivity index (χ3n) is 3.72. The lowest BCUT2D eigenvalue weighted by atomic mass is 9.93. The average Bonchev–Trinajstić information content (AvgIpc) is 2.53. The highest BCUT2D eigenvalue weighted by Crippen LogP contribution is 2.44. The Hall–Kier alpha value is -1.38. The first-order chi connectivity index (χ1) is 10.2. The van der Waals surface area contributed by atoms with Gasteiger partial charge in [0.25, 0.3) is 0 Å². The van der Waals surface area contributed by atoms with Gasteiger partial charge in [-0.1, -0.05) is 48.9 Å². The molecule has 0 N–H and O–H groups in total. The Morgan fingerprint density at radius 1 is 1.00 bits per heavy atom. The molecule has 0 saturated carbocycles. The van der Waals surface area contributed by atoms with Crippen LogP contribution in [0.1, 0.15) is 29.3 Å². The van der Waals surface area contributed by atoms with Crippen molar-refractivity contribution in [3.63, 3.8) is 0 Å². The third kappa shape index (κ3) is 2.97. The van der Waals surface area contributed by atoms with Crippen molar-refractivity contribution in [2.24, 2.45) is 0 Å². The normalized spacial score (nSPS) is 16.3. The summed E-state index contributed by atoms with van der Waals surface area (Å²) in [6.07, 6.45) is 0. The molecule has 2 aromatic rings. The zero-order chi connectivity index (χ0) is 14.8. The molecule has 1 aliphatic heterocycles. The van der Waals surface area contributed by atoms with E-state index in [1.807, 2.05) is 24.3 Å². The van der Waals surface area contributed by atoms with Gasteiger partial charge in [0, 0.05) is 17.0 Å². The zero-order valence-electron chi connectivity index (χ0n) is 11.7. The van der Waals surface area contributed by atoms with Crippen molar-refractivity contribution in [1.82, 2.24) is 0 Å². The predicted molar refractivity (Wildman–Crippen MR) is 85.9 cm³/mol. The summed E-state index contributed by atoms with van der Waals surface area (Å²) < 4.78 is 11.1. The number of hydrogen-bond acceptors (Lipinski definition) is 2. The Bertz CT molecular complexity index is 628. The van der Waals surface area contributed by atoms with Crippen molar-refractivity contribution < 1.29 is 9.47 Å². The van der Waals surface area contributed by atoms with Gasteiger partial charge in [0.15, 0.2) is 11.5 Å². The lowest BCUT2D eigenvalue weighted by molar-refractivity contribution is 0.171. The first kappa shape index (κ1) is 14.6. The summed E-state index contributed by atoms with van der Waals surface area (Å²) in [5, 5.41) is 0.387. The van der Waals surface area contributed by atoms with Crippen molar-refractivity contribution in [3.05, 3.63) is 58.6 Å². The van der Waals surface area contributed by atoms with Crippen LogP contribution in [0.2, 0.25) is 5.02 Å². The van der Waals surface area contributed by atoms with E-state index in [2.05, 4.69) is 19.1 Å². The SMILES string of the molecule is CC(c1ccccc1)C(Cl)c1cc2c(cc1Cl)OCCO2. The minimum atomic E-state index is -0.226. The maximum atomic E-state index is 6.66. The Morgan fingerprint density at radius 2 is 1.62 bits per heavy atom. The summed E-state index contributed by atoms with van der Waals surface area (Å²) in [5.74, 6) is 1.55. The van der Waals surface area contributed by atoms with E-state index < -0.39 is 0 Å². The monoisotopic (exact) mass is 322 g/mol. The van der Waals surface area contributed by atoms with Crippen molar-refractivity contribution in [3.8, 4) is 11.5 Å². The van der Waals surface area contributed by atoms with Crippen LogP contribution in [-0.4, -0.2) is 13.2 Å². The van der Waals surface area contributed by atoms with E-state index in [4.69, 9.17) is 32.7 Å². The molecule has 0 fully saturated rings. The number of benzene rings is 2. The van der Waals surface area contributed by atoms with E-state index in [-0.39, 0.29) is 11.3 Å². The molecule has 0 aromatic heterocycles. The molecule has 2 aromatic carbocycles. The van der Waals surface area contributed by atoms with Crippen LogP contribution in [0.3, 0.4) is 0 Å². The highest BCUT2D eigenvalue weighted by molar-refractivity contribution is 6.33. The van der Waals surface area contributed by atoms with Gasteiger partial charge in [0.1, 0.15) is 13.2 Å². The van der Waals surface area contributed by atoms with Gasteiger partial charge < -0.3 is 9.47 Å². The summed E-state index contributed by atoms with van der Waals surface area (Å²) in [6, 6.07) is 13.9. The quantitative estimate of drug-likeness (QED) is 0.723. The largest absolute Gasteiger partial charge is 0.486 e. The lowest BCUT2D eigenvalue weighted by Crippen LogP contribution is -2.16. The Balaban J connectivity index is 1.92. The first-order valence-corrected chi connectivity index (χ1v) is 7.76. The Morgan fingerprint density at radius 3 is 2.29 bits per heavy atom. The van der Waals surface area contributed by atoms with Gasteiger partial charge in [-0.05, 0) is 17.2 Å². The summed E-state index contributed by atoms with van der Waals surface area (Å²) in [5.41, 5.74) is 2.06. The Labute approximate surface area is 134 Å². The number of alkyl halides is 1. The van der Waals surface area contributed by atoms with Gasteiger partial charge in [-0.25, -0.2) is 0 Å². The molecule has 0 radical (unpaired) electrons. The zero-order valence-corrected chi connectivity index (χ0v) is 13.2. The summed E-state index contributed by atoms with van der Waals surface area (Å²) >= 11 is 13.0. The fourth-order valence-corrected chi connectivity index (χ4v) is 3.14. The fraction of sp³-hybridized carbons (Fsp3) is 0.294. The Kier molecular flexibility index (Phi) is 4.27. The molecule has 0 saturated heterocycles. The molecule has 1 heterocycles. The van der Waals surface area contributed by atoms with Gasteiger partial charge in [0.05, 0.1) is 5.38 Å². The molecule has 0 bridgehead atoms. The first-order valence-electron chi connectivity index (χ1n) is 6.95. The number of hydrogen-bond donors (Lipinski definition) is 0. The average molecular weight is 323 g/mol. The number of ether oxygens (including phenoxy) is 2. The third-order valence-corrected chi connectivity index (χ3v) is 4.66. The van der Waals surface area contributed by atoms with Crippen LogP contribution in [0, 0.1) is 0 Å². The molecule has 0 spiro atoms. The lowest BCUT2D eigenvalue weighted by Gasteiger charge is -2.24. The maximum absolute atomic E-state index is 6.66. The van der Waals surface area contributed by atoms with Gasteiger partial charge in [-0.3, -0.25) is 0 Å². The van der Waals surface area contributed by atoms with Crippen LogP contribution < -0.4 is 9.47 Å². The summed E-state index contributed by atoms with van der Waals surface area (Å²) in [4.78, 5) is 0. The second kappa shape index (κ2) is 6.17. The van der Waals surface area contributed by atoms with Crippen molar-refractivity contribution >= 4 is 23.2 Å². The molecular formula is C17H16Cl2O2. The predicted octanol–water partition coefficient (Wildman–Crippen LogP) is 5.19. The fourth-order valence-electron chi connectivity index (χ4n) is 2.49. The van der Waals surface area contributed by atoms with Crippen LogP contribution in [-0.2, 0) is 0 Å². The molecule has 110 valence electrons. The number of rotatable bonds is 3.